The van der Waals surface area contributed by atoms with Gasteiger partial charge >= 0.3 is 0 Å². The molecule has 0 saturated carbocycles. The van der Waals surface area contributed by atoms with Crippen molar-refractivity contribution in [2.75, 3.05) is 38.2 Å². The Balaban J connectivity index is 1.36. The lowest BCUT2D eigenvalue weighted by Gasteiger charge is -2.26. The highest BCUT2D eigenvalue weighted by atomic mass is 35.5. The Morgan fingerprint density at radius 1 is 1.21 bits per heavy atom. The van der Waals surface area contributed by atoms with Gasteiger partial charge in [0.2, 0.25) is 5.91 Å². The van der Waals surface area contributed by atoms with Crippen LogP contribution in [-0.2, 0) is 9.53 Å². The van der Waals surface area contributed by atoms with Crippen molar-refractivity contribution in [3.8, 4) is 0 Å². The van der Waals surface area contributed by atoms with E-state index in [-0.39, 0.29) is 11.8 Å². The lowest BCUT2D eigenvalue weighted by molar-refractivity contribution is -0.122. The number of alkyl halides is 1. The average molecular weight is 510 g/mol. The van der Waals surface area contributed by atoms with Crippen molar-refractivity contribution in [3.05, 3.63) is 51.4 Å². The van der Waals surface area contributed by atoms with Gasteiger partial charge in [-0.05, 0) is 42.9 Å². The number of benzene rings is 1. The van der Waals surface area contributed by atoms with E-state index in [1.807, 2.05) is 13.0 Å². The van der Waals surface area contributed by atoms with Gasteiger partial charge in [0.15, 0.2) is 0 Å². The molecule has 10 heteroatoms. The number of rotatable bonds is 9. The Morgan fingerprint density at radius 3 is 2.76 bits per heavy atom. The molecule has 4 rings (SSSR count). The van der Waals surface area contributed by atoms with Crippen molar-refractivity contribution in [3.63, 3.8) is 0 Å². The number of nitrogens with one attached hydrogen (secondary N) is 3. The van der Waals surface area contributed by atoms with Gasteiger partial charge in [-0.25, -0.2) is 14.4 Å². The summed E-state index contributed by atoms with van der Waals surface area (Å²) in [6.45, 7) is 4.75. The van der Waals surface area contributed by atoms with Gasteiger partial charge in [-0.3, -0.25) is 4.79 Å². The number of fused-ring (bicyclic) bond motifs is 1. The summed E-state index contributed by atoms with van der Waals surface area (Å²) in [5.41, 5.74) is 2.10. The summed E-state index contributed by atoms with van der Waals surface area (Å²) in [5, 5.41) is 10.6. The number of nitrogens with zero attached hydrogens (tertiary/aromatic N) is 2. The predicted molar refractivity (Wildman–Crippen MR) is 131 cm³/mol. The first-order chi connectivity index (χ1) is 16.4. The molecular weight excluding hydrogens is 480 g/mol. The van der Waals surface area contributed by atoms with Crippen LogP contribution >= 0.6 is 23.2 Å². The van der Waals surface area contributed by atoms with Crippen LogP contribution in [0.15, 0.2) is 24.5 Å². The third-order valence-corrected chi connectivity index (χ3v) is 7.21. The maximum atomic E-state index is 14.1. The Labute approximate surface area is 209 Å². The molecule has 0 unspecified atom stereocenters. The van der Waals surface area contributed by atoms with Gasteiger partial charge in [0.1, 0.15) is 18.3 Å². The Kier molecular flexibility index (Phi) is 8.58. The Bertz CT molecular complexity index is 1010. The zero-order valence-electron chi connectivity index (χ0n) is 19.1. The number of hydrogen-bond donors (Lipinski definition) is 3. The van der Waals surface area contributed by atoms with Gasteiger partial charge in [-0.2, -0.15) is 0 Å². The SMILES string of the molecule is C[C@@H]1C[C@H](F)c2ncnc(NCCNC(=O)[C@H](CNC3CCOCC3)c3ccc(Cl)c(Cl)c3)c21. The molecule has 0 spiro atoms. The summed E-state index contributed by atoms with van der Waals surface area (Å²) in [6, 6.07) is 5.61. The fourth-order valence-electron chi connectivity index (χ4n) is 4.59. The fourth-order valence-corrected chi connectivity index (χ4v) is 4.90. The molecule has 3 atom stereocenters. The van der Waals surface area contributed by atoms with Crippen LogP contribution in [0.2, 0.25) is 10.0 Å². The molecule has 1 aliphatic heterocycles. The zero-order chi connectivity index (χ0) is 24.1. The van der Waals surface area contributed by atoms with Crippen LogP contribution in [0.4, 0.5) is 10.2 Å². The minimum Gasteiger partial charge on any atom is -0.381 e. The summed E-state index contributed by atoms with van der Waals surface area (Å²) in [5.74, 6) is 0.158. The maximum absolute atomic E-state index is 14.1. The van der Waals surface area contributed by atoms with E-state index in [0.717, 1.165) is 37.2 Å². The van der Waals surface area contributed by atoms with Gasteiger partial charge in [-0.15, -0.1) is 0 Å². The molecule has 184 valence electrons. The Morgan fingerprint density at radius 2 is 2.00 bits per heavy atom. The van der Waals surface area contributed by atoms with Crippen LogP contribution < -0.4 is 16.0 Å². The second-order valence-corrected chi connectivity index (χ2v) is 9.68. The second-order valence-electron chi connectivity index (χ2n) is 8.86. The number of amides is 1. The topological polar surface area (TPSA) is 88.2 Å². The highest BCUT2D eigenvalue weighted by Gasteiger charge is 2.32. The molecule has 1 saturated heterocycles. The number of aromatic nitrogens is 2. The molecule has 2 aromatic rings. The average Bonchev–Trinajstić information content (AvgIpc) is 3.14. The van der Waals surface area contributed by atoms with E-state index in [2.05, 4.69) is 25.9 Å². The van der Waals surface area contributed by atoms with E-state index in [4.69, 9.17) is 27.9 Å². The lowest BCUT2D eigenvalue weighted by atomic mass is 9.97. The van der Waals surface area contributed by atoms with Crippen LogP contribution in [0.1, 0.15) is 61.0 Å². The normalized spacial score (nSPS) is 21.2. The lowest BCUT2D eigenvalue weighted by Crippen LogP contribution is -2.42. The summed E-state index contributed by atoms with van der Waals surface area (Å²) in [6.07, 6.45) is 2.59. The third-order valence-electron chi connectivity index (χ3n) is 6.48. The van der Waals surface area contributed by atoms with Crippen LogP contribution in [0.5, 0.6) is 0 Å². The summed E-state index contributed by atoms with van der Waals surface area (Å²) in [7, 11) is 0. The van der Waals surface area contributed by atoms with Crippen LogP contribution in [0.25, 0.3) is 0 Å². The van der Waals surface area contributed by atoms with Gasteiger partial charge in [0.05, 0.1) is 21.7 Å². The van der Waals surface area contributed by atoms with Gasteiger partial charge in [0.25, 0.3) is 0 Å². The summed E-state index contributed by atoms with van der Waals surface area (Å²) in [4.78, 5) is 21.5. The molecule has 1 amide bonds. The maximum Gasteiger partial charge on any atom is 0.228 e. The quantitative estimate of drug-likeness (QED) is 0.434. The van der Waals surface area contributed by atoms with Crippen molar-refractivity contribution in [1.82, 2.24) is 20.6 Å². The first kappa shape index (κ1) is 25.1. The first-order valence-corrected chi connectivity index (χ1v) is 12.5. The second kappa shape index (κ2) is 11.6. The van der Waals surface area contributed by atoms with Gasteiger partial charge in [-0.1, -0.05) is 36.2 Å². The molecule has 7 nitrogen and oxygen atoms in total. The molecule has 2 heterocycles. The number of carbonyl (C=O) groups is 1. The van der Waals surface area contributed by atoms with Crippen LogP contribution in [-0.4, -0.2) is 54.8 Å². The highest BCUT2D eigenvalue weighted by molar-refractivity contribution is 6.42. The Hall–Kier alpha value is -2.00. The van der Waals surface area contributed by atoms with Crippen molar-refractivity contribution in [1.29, 1.82) is 0 Å². The molecule has 0 bridgehead atoms. The molecule has 3 N–H and O–H groups in total. The van der Waals surface area contributed by atoms with Crippen LogP contribution in [0, 0.1) is 0 Å². The number of halogens is 3. The summed E-state index contributed by atoms with van der Waals surface area (Å²) >= 11 is 12.3. The van der Waals surface area contributed by atoms with Crippen molar-refractivity contribution < 1.29 is 13.9 Å². The molecular formula is C24H30Cl2FN5O2. The third kappa shape index (κ3) is 5.97. The minimum absolute atomic E-state index is 0.0542. The van der Waals surface area contributed by atoms with Crippen molar-refractivity contribution >= 4 is 34.9 Å². The molecule has 1 aromatic heterocycles. The van der Waals surface area contributed by atoms with Crippen LogP contribution in [0.3, 0.4) is 0 Å². The fraction of sp³-hybridized carbons (Fsp3) is 0.542. The molecule has 1 fully saturated rings. The smallest absolute Gasteiger partial charge is 0.228 e. The number of hydrogen-bond acceptors (Lipinski definition) is 6. The molecule has 34 heavy (non-hydrogen) atoms. The van der Waals surface area contributed by atoms with Crippen molar-refractivity contribution in [2.45, 2.75) is 50.2 Å². The van der Waals surface area contributed by atoms with Crippen molar-refractivity contribution in [2.24, 2.45) is 0 Å². The van der Waals surface area contributed by atoms with Gasteiger partial charge < -0.3 is 20.7 Å². The zero-order valence-corrected chi connectivity index (χ0v) is 20.6. The van der Waals surface area contributed by atoms with E-state index >= 15 is 0 Å². The standard InChI is InChI=1S/C24H30Cl2FN5O2/c1-14-10-20(27)22-21(14)23(32-13-31-22)28-6-7-29-24(33)17(12-30-16-4-8-34-9-5-16)15-2-3-18(25)19(26)11-15/h2-3,11,13-14,16-17,20,30H,4-10,12H2,1H3,(H,29,33)(H,28,31,32)/t14-,17-,20+/m1/s1. The molecule has 1 aliphatic carbocycles. The highest BCUT2D eigenvalue weighted by Crippen LogP contribution is 2.43. The summed E-state index contributed by atoms with van der Waals surface area (Å²) < 4.78 is 19.6. The number of ether oxygens (including phenoxy) is 1. The van der Waals surface area contributed by atoms with E-state index in [0.29, 0.717) is 53.7 Å². The minimum atomic E-state index is -1.05. The van der Waals surface area contributed by atoms with E-state index in [1.165, 1.54) is 6.33 Å². The van der Waals surface area contributed by atoms with E-state index in [9.17, 15) is 9.18 Å². The van der Waals surface area contributed by atoms with Gasteiger partial charge in [0, 0.05) is 44.5 Å². The molecule has 0 radical (unpaired) electrons. The largest absolute Gasteiger partial charge is 0.381 e. The predicted octanol–water partition coefficient (Wildman–Crippen LogP) is 4.38. The van der Waals surface area contributed by atoms with E-state index in [1.54, 1.807) is 12.1 Å². The molecule has 1 aromatic carbocycles. The number of anilines is 1. The molecule has 2 aliphatic rings. The first-order valence-electron chi connectivity index (χ1n) is 11.7. The number of carbonyl (C=O) groups excluding carboxylic acids is 1. The monoisotopic (exact) mass is 509 g/mol. The van der Waals surface area contributed by atoms with E-state index < -0.39 is 12.1 Å².